The number of aryl methyl sites for hydroxylation is 1. The highest BCUT2D eigenvalue weighted by Crippen LogP contribution is 2.38. The van der Waals surface area contributed by atoms with Gasteiger partial charge in [-0.3, -0.25) is 0 Å². The van der Waals surface area contributed by atoms with Crippen LogP contribution in [0.2, 0.25) is 0 Å². The Morgan fingerprint density at radius 1 is 1.35 bits per heavy atom. The Hall–Kier alpha value is -1.81. The van der Waals surface area contributed by atoms with Crippen LogP contribution in [0.4, 0.5) is 5.69 Å². The maximum absolute atomic E-state index is 11.0. The highest BCUT2D eigenvalue weighted by atomic mass is 32.1. The zero-order valence-electron chi connectivity index (χ0n) is 9.65. The second-order valence-electron chi connectivity index (χ2n) is 3.97. The summed E-state index contributed by atoms with van der Waals surface area (Å²) in [5.41, 5.74) is 9.19. The van der Waals surface area contributed by atoms with Crippen molar-refractivity contribution in [2.75, 3.05) is 5.73 Å². The summed E-state index contributed by atoms with van der Waals surface area (Å²) in [6.45, 7) is 3.86. The predicted octanol–water partition coefficient (Wildman–Crippen LogP) is 3.31. The van der Waals surface area contributed by atoms with Crippen LogP contribution in [-0.4, -0.2) is 11.1 Å². The lowest BCUT2D eigenvalue weighted by molar-refractivity contribution is 0.0703. The number of hydrogen-bond acceptors (Lipinski definition) is 3. The normalized spacial score (nSPS) is 10.5. The molecule has 2 rings (SSSR count). The lowest BCUT2D eigenvalue weighted by Crippen LogP contribution is -1.97. The van der Waals surface area contributed by atoms with Crippen molar-refractivity contribution in [2.24, 2.45) is 0 Å². The van der Waals surface area contributed by atoms with Crippen LogP contribution >= 0.6 is 11.3 Å². The van der Waals surface area contributed by atoms with Gasteiger partial charge in [0.05, 0.1) is 5.69 Å². The molecule has 2 aromatic rings. The van der Waals surface area contributed by atoms with E-state index < -0.39 is 5.97 Å². The van der Waals surface area contributed by atoms with Crippen LogP contribution in [0.3, 0.4) is 0 Å². The van der Waals surface area contributed by atoms with E-state index in [1.807, 2.05) is 38.1 Å². The van der Waals surface area contributed by atoms with Crippen molar-refractivity contribution in [3.63, 3.8) is 0 Å². The van der Waals surface area contributed by atoms with Crippen LogP contribution in [0.15, 0.2) is 24.3 Å². The van der Waals surface area contributed by atoms with Crippen molar-refractivity contribution >= 4 is 23.0 Å². The van der Waals surface area contributed by atoms with Crippen molar-refractivity contribution < 1.29 is 9.90 Å². The molecule has 17 heavy (non-hydrogen) atoms. The van der Waals surface area contributed by atoms with Gasteiger partial charge in [0, 0.05) is 4.88 Å². The first-order valence-corrected chi connectivity index (χ1v) is 6.01. The summed E-state index contributed by atoms with van der Waals surface area (Å²) < 4.78 is 0. The minimum absolute atomic E-state index is 0.221. The summed E-state index contributed by atoms with van der Waals surface area (Å²) in [7, 11) is 0. The summed E-state index contributed by atoms with van der Waals surface area (Å²) in [4.78, 5) is 12.2. The van der Waals surface area contributed by atoms with E-state index in [9.17, 15) is 4.79 Å². The first kappa shape index (κ1) is 11.7. The Morgan fingerprint density at radius 3 is 2.59 bits per heavy atom. The molecule has 0 saturated carbocycles. The van der Waals surface area contributed by atoms with Crippen LogP contribution in [-0.2, 0) is 0 Å². The molecule has 1 aromatic carbocycles. The number of nitrogen functional groups attached to an aromatic ring is 1. The Morgan fingerprint density at radius 2 is 2.06 bits per heavy atom. The van der Waals surface area contributed by atoms with Gasteiger partial charge in [-0.25, -0.2) is 4.79 Å². The number of hydrogen-bond donors (Lipinski definition) is 2. The summed E-state index contributed by atoms with van der Waals surface area (Å²) in [6, 6.07) is 7.97. The van der Waals surface area contributed by atoms with Crippen molar-refractivity contribution in [3.05, 3.63) is 40.3 Å². The molecule has 0 radical (unpaired) electrons. The molecular formula is C13H13NO2S. The van der Waals surface area contributed by atoms with E-state index in [0.717, 1.165) is 21.6 Å². The molecule has 0 bridgehead atoms. The second-order valence-corrected chi connectivity index (χ2v) is 4.99. The van der Waals surface area contributed by atoms with E-state index in [-0.39, 0.29) is 4.88 Å². The highest BCUT2D eigenvalue weighted by Gasteiger charge is 2.18. The van der Waals surface area contributed by atoms with Gasteiger partial charge in [-0.05, 0) is 25.0 Å². The summed E-state index contributed by atoms with van der Waals surface area (Å²) >= 11 is 1.23. The molecule has 0 amide bonds. The fraction of sp³-hybridized carbons (Fsp3) is 0.154. The maximum atomic E-state index is 11.0. The van der Waals surface area contributed by atoms with Gasteiger partial charge in [0.25, 0.3) is 0 Å². The first-order chi connectivity index (χ1) is 8.00. The van der Waals surface area contributed by atoms with E-state index in [4.69, 9.17) is 10.8 Å². The summed E-state index contributed by atoms with van der Waals surface area (Å²) in [6.07, 6.45) is 0. The van der Waals surface area contributed by atoms with Crippen LogP contribution in [0, 0.1) is 13.8 Å². The average molecular weight is 247 g/mol. The minimum Gasteiger partial charge on any atom is -0.477 e. The number of carboxylic acids is 1. The van der Waals surface area contributed by atoms with Gasteiger partial charge in [-0.2, -0.15) is 0 Å². The Kier molecular flexibility index (Phi) is 2.90. The third-order valence-electron chi connectivity index (χ3n) is 2.67. The molecule has 1 aromatic heterocycles. The molecule has 0 saturated heterocycles. The molecule has 0 aliphatic carbocycles. The fourth-order valence-electron chi connectivity index (χ4n) is 1.75. The van der Waals surface area contributed by atoms with E-state index in [2.05, 4.69) is 0 Å². The third-order valence-corrected chi connectivity index (χ3v) is 4.01. The number of rotatable bonds is 2. The SMILES string of the molecule is Cc1cccc(-c2sc(C(=O)O)c(N)c2C)c1. The molecule has 88 valence electrons. The molecule has 3 nitrogen and oxygen atoms in total. The van der Waals surface area contributed by atoms with Gasteiger partial charge in [0.2, 0.25) is 0 Å². The maximum Gasteiger partial charge on any atom is 0.348 e. The molecular weight excluding hydrogens is 234 g/mol. The molecule has 1 heterocycles. The number of carbonyl (C=O) groups is 1. The molecule has 0 unspecified atom stereocenters. The van der Waals surface area contributed by atoms with Gasteiger partial charge in [-0.1, -0.05) is 29.8 Å². The quantitative estimate of drug-likeness (QED) is 0.855. The first-order valence-electron chi connectivity index (χ1n) is 5.20. The van der Waals surface area contributed by atoms with Gasteiger partial charge in [0.1, 0.15) is 4.88 Å². The largest absolute Gasteiger partial charge is 0.477 e. The summed E-state index contributed by atoms with van der Waals surface area (Å²) in [5.74, 6) is -0.963. The number of anilines is 1. The van der Waals surface area contributed by atoms with Crippen molar-refractivity contribution in [3.8, 4) is 10.4 Å². The van der Waals surface area contributed by atoms with Gasteiger partial charge >= 0.3 is 5.97 Å². The van der Waals surface area contributed by atoms with E-state index in [1.54, 1.807) is 0 Å². The second kappa shape index (κ2) is 4.22. The Labute approximate surface area is 104 Å². The van der Waals surface area contributed by atoms with Gasteiger partial charge in [-0.15, -0.1) is 11.3 Å². The predicted molar refractivity (Wildman–Crippen MR) is 70.6 cm³/mol. The molecule has 0 aliphatic rings. The number of benzene rings is 1. The average Bonchev–Trinajstić information content (AvgIpc) is 2.56. The van der Waals surface area contributed by atoms with Crippen molar-refractivity contribution in [1.29, 1.82) is 0 Å². The number of thiophene rings is 1. The smallest absolute Gasteiger partial charge is 0.348 e. The van der Waals surface area contributed by atoms with E-state index in [1.165, 1.54) is 11.3 Å². The zero-order valence-corrected chi connectivity index (χ0v) is 10.5. The monoisotopic (exact) mass is 247 g/mol. The third kappa shape index (κ3) is 2.03. The van der Waals surface area contributed by atoms with E-state index >= 15 is 0 Å². The lowest BCUT2D eigenvalue weighted by Gasteiger charge is -2.01. The van der Waals surface area contributed by atoms with Crippen LogP contribution in [0.25, 0.3) is 10.4 Å². The van der Waals surface area contributed by atoms with Gasteiger partial charge < -0.3 is 10.8 Å². The summed E-state index contributed by atoms with van der Waals surface area (Å²) in [5, 5.41) is 9.04. The highest BCUT2D eigenvalue weighted by molar-refractivity contribution is 7.18. The molecule has 3 N–H and O–H groups in total. The number of carboxylic acid groups (broad SMARTS) is 1. The standard InChI is InChI=1S/C13H13NO2S/c1-7-4-3-5-9(6-7)11-8(2)10(14)12(17-11)13(15)16/h3-6H,14H2,1-2H3,(H,15,16). The Balaban J connectivity index is 2.61. The molecule has 0 aliphatic heterocycles. The fourth-order valence-corrected chi connectivity index (χ4v) is 2.81. The number of nitrogens with two attached hydrogens (primary N) is 1. The van der Waals surface area contributed by atoms with Crippen LogP contribution in [0.5, 0.6) is 0 Å². The molecule has 0 fully saturated rings. The molecule has 4 heteroatoms. The molecule has 0 spiro atoms. The Bertz CT molecular complexity index is 587. The molecule has 0 atom stereocenters. The van der Waals surface area contributed by atoms with Gasteiger partial charge in [0.15, 0.2) is 0 Å². The van der Waals surface area contributed by atoms with Crippen molar-refractivity contribution in [2.45, 2.75) is 13.8 Å². The number of aromatic carboxylic acids is 1. The van der Waals surface area contributed by atoms with E-state index in [0.29, 0.717) is 5.69 Å². The lowest BCUT2D eigenvalue weighted by atomic mass is 10.1. The zero-order chi connectivity index (χ0) is 12.6. The van der Waals surface area contributed by atoms with Crippen LogP contribution < -0.4 is 5.73 Å². The van der Waals surface area contributed by atoms with Crippen LogP contribution in [0.1, 0.15) is 20.8 Å². The van der Waals surface area contributed by atoms with Crippen molar-refractivity contribution in [1.82, 2.24) is 0 Å². The topological polar surface area (TPSA) is 63.3 Å². The minimum atomic E-state index is -0.963.